The molecular formula is C19H20F2N2O4. The lowest BCUT2D eigenvalue weighted by atomic mass is 9.81. The number of benzene rings is 1. The lowest BCUT2D eigenvalue weighted by molar-refractivity contribution is -0.149. The van der Waals surface area contributed by atoms with E-state index in [-0.39, 0.29) is 30.1 Å². The van der Waals surface area contributed by atoms with Gasteiger partial charge in [-0.3, -0.25) is 4.79 Å². The minimum Gasteiger partial charge on any atom is -0.480 e. The molecule has 0 spiro atoms. The molecule has 0 bridgehead atoms. The minimum atomic E-state index is -1.20. The van der Waals surface area contributed by atoms with Gasteiger partial charge in [0.05, 0.1) is 11.8 Å². The zero-order valence-corrected chi connectivity index (χ0v) is 14.6. The molecule has 1 aliphatic carbocycles. The van der Waals surface area contributed by atoms with Gasteiger partial charge in [-0.15, -0.1) is 0 Å². The highest BCUT2D eigenvalue weighted by Crippen LogP contribution is 2.29. The van der Waals surface area contributed by atoms with Crippen LogP contribution in [0.15, 0.2) is 28.8 Å². The fraction of sp³-hybridized carbons (Fsp3) is 0.421. The van der Waals surface area contributed by atoms with Gasteiger partial charge in [0.2, 0.25) is 5.91 Å². The van der Waals surface area contributed by atoms with Gasteiger partial charge >= 0.3 is 5.97 Å². The van der Waals surface area contributed by atoms with E-state index >= 15 is 0 Å². The molecule has 1 fully saturated rings. The van der Waals surface area contributed by atoms with E-state index in [9.17, 15) is 23.5 Å². The average molecular weight is 378 g/mol. The molecule has 1 aliphatic rings. The molecule has 0 aliphatic heterocycles. The van der Waals surface area contributed by atoms with Crippen molar-refractivity contribution in [2.45, 2.75) is 50.5 Å². The second-order valence-corrected chi connectivity index (χ2v) is 6.74. The molecule has 6 nitrogen and oxygen atoms in total. The Kier molecular flexibility index (Phi) is 5.53. The Morgan fingerprint density at radius 2 is 1.96 bits per heavy atom. The number of oxazole rings is 1. The molecule has 144 valence electrons. The maximum Gasteiger partial charge on any atom is 0.329 e. The van der Waals surface area contributed by atoms with Crippen LogP contribution in [0.4, 0.5) is 8.78 Å². The molecule has 3 rings (SSSR count). The second kappa shape index (κ2) is 7.85. The van der Waals surface area contributed by atoms with E-state index in [1.165, 1.54) is 12.3 Å². The Bertz CT molecular complexity index is 844. The summed E-state index contributed by atoms with van der Waals surface area (Å²) in [6, 6.07) is 3.12. The summed E-state index contributed by atoms with van der Waals surface area (Å²) in [5.41, 5.74) is -1.12. The number of carbonyl (C=O) groups excluding carboxylic acids is 1. The van der Waals surface area contributed by atoms with Crippen LogP contribution in [0.5, 0.6) is 0 Å². The normalized spacial score (nSPS) is 16.1. The highest BCUT2D eigenvalue weighted by molar-refractivity contribution is 5.87. The zero-order valence-electron chi connectivity index (χ0n) is 14.6. The van der Waals surface area contributed by atoms with Crippen molar-refractivity contribution in [2.75, 3.05) is 0 Å². The fourth-order valence-corrected chi connectivity index (χ4v) is 3.34. The third kappa shape index (κ3) is 4.32. The molecule has 0 saturated heterocycles. The first-order valence-corrected chi connectivity index (χ1v) is 8.84. The van der Waals surface area contributed by atoms with E-state index in [1.807, 2.05) is 0 Å². The molecule has 0 atom stereocenters. The molecule has 2 aromatic rings. The van der Waals surface area contributed by atoms with Crippen molar-refractivity contribution in [3.8, 4) is 11.3 Å². The van der Waals surface area contributed by atoms with Crippen LogP contribution in [0, 0.1) is 11.6 Å². The summed E-state index contributed by atoms with van der Waals surface area (Å²) in [5, 5.41) is 12.1. The molecule has 0 radical (unpaired) electrons. The summed E-state index contributed by atoms with van der Waals surface area (Å²) >= 11 is 0. The largest absolute Gasteiger partial charge is 0.480 e. The number of hydrogen-bond acceptors (Lipinski definition) is 4. The predicted molar refractivity (Wildman–Crippen MR) is 91.8 cm³/mol. The summed E-state index contributed by atoms with van der Waals surface area (Å²) in [4.78, 5) is 27.8. The number of nitrogens with zero attached hydrogens (tertiary/aromatic N) is 1. The molecule has 27 heavy (non-hydrogen) atoms. The van der Waals surface area contributed by atoms with Crippen LogP contribution >= 0.6 is 0 Å². The molecule has 0 unspecified atom stereocenters. The Hall–Kier alpha value is -2.77. The van der Waals surface area contributed by atoms with Gasteiger partial charge in [-0.05, 0) is 25.0 Å². The van der Waals surface area contributed by atoms with Crippen molar-refractivity contribution in [3.63, 3.8) is 0 Å². The standard InChI is InChI=1S/C19H20F2N2O4/c20-12-4-5-13(14(21)10-12)15-11-22-17(27-15)7-6-16(24)23-19(18(25)26)8-2-1-3-9-19/h4-5,10-11H,1-3,6-9H2,(H,23,24)(H,25,26). The first-order valence-electron chi connectivity index (χ1n) is 8.84. The highest BCUT2D eigenvalue weighted by atomic mass is 19.1. The molecule has 8 heteroatoms. The van der Waals surface area contributed by atoms with Gasteiger partial charge in [0.1, 0.15) is 17.2 Å². The molecule has 1 amide bonds. The number of carboxylic acid groups (broad SMARTS) is 1. The predicted octanol–water partition coefficient (Wildman–Crippen LogP) is 3.46. The SMILES string of the molecule is O=C(CCc1ncc(-c2ccc(F)cc2F)o1)NC1(C(=O)O)CCCCC1. The Labute approximate surface area is 154 Å². The monoisotopic (exact) mass is 378 g/mol. The van der Waals surface area contributed by atoms with Crippen molar-refractivity contribution in [2.24, 2.45) is 0 Å². The van der Waals surface area contributed by atoms with Crippen molar-refractivity contribution in [3.05, 3.63) is 41.9 Å². The Morgan fingerprint density at radius 1 is 1.22 bits per heavy atom. The fourth-order valence-electron chi connectivity index (χ4n) is 3.34. The summed E-state index contributed by atoms with van der Waals surface area (Å²) in [7, 11) is 0. The number of rotatable bonds is 6. The second-order valence-electron chi connectivity index (χ2n) is 6.74. The molecule has 2 N–H and O–H groups in total. The first kappa shape index (κ1) is 19.0. The van der Waals surface area contributed by atoms with Crippen molar-refractivity contribution >= 4 is 11.9 Å². The zero-order chi connectivity index (χ0) is 19.4. The molecule has 1 saturated carbocycles. The van der Waals surface area contributed by atoms with Gasteiger partial charge in [0, 0.05) is 18.9 Å². The summed E-state index contributed by atoms with van der Waals surface area (Å²) in [5.74, 6) is -2.51. The van der Waals surface area contributed by atoms with E-state index < -0.39 is 29.0 Å². The maximum absolute atomic E-state index is 13.8. The number of nitrogens with one attached hydrogen (secondary N) is 1. The highest BCUT2D eigenvalue weighted by Gasteiger charge is 2.40. The van der Waals surface area contributed by atoms with E-state index in [4.69, 9.17) is 4.42 Å². The third-order valence-corrected chi connectivity index (χ3v) is 4.81. The summed E-state index contributed by atoms with van der Waals surface area (Å²) < 4.78 is 32.2. The van der Waals surface area contributed by atoms with Crippen LogP contribution in [0.2, 0.25) is 0 Å². The minimum absolute atomic E-state index is 0.000876. The number of aromatic nitrogens is 1. The van der Waals surface area contributed by atoms with Gasteiger partial charge in [-0.25, -0.2) is 18.6 Å². The molecule has 1 heterocycles. The number of carboxylic acids is 1. The van der Waals surface area contributed by atoms with Crippen LogP contribution in [0.1, 0.15) is 44.4 Å². The van der Waals surface area contributed by atoms with E-state index in [0.717, 1.165) is 31.4 Å². The van der Waals surface area contributed by atoms with E-state index in [0.29, 0.717) is 12.8 Å². The average Bonchev–Trinajstić information content (AvgIpc) is 3.09. The number of hydrogen-bond donors (Lipinski definition) is 2. The van der Waals surface area contributed by atoms with Gasteiger partial charge in [0.15, 0.2) is 11.7 Å². The van der Waals surface area contributed by atoms with Crippen molar-refractivity contribution < 1.29 is 27.9 Å². The topological polar surface area (TPSA) is 92.4 Å². The van der Waals surface area contributed by atoms with Gasteiger partial charge in [-0.1, -0.05) is 19.3 Å². The summed E-state index contributed by atoms with van der Waals surface area (Å²) in [6.07, 6.45) is 4.78. The third-order valence-electron chi connectivity index (χ3n) is 4.81. The van der Waals surface area contributed by atoms with Crippen LogP contribution in [0.3, 0.4) is 0 Å². The van der Waals surface area contributed by atoms with Crippen LogP contribution in [0.25, 0.3) is 11.3 Å². The van der Waals surface area contributed by atoms with Crippen LogP contribution in [-0.2, 0) is 16.0 Å². The number of halogens is 2. The first-order chi connectivity index (χ1) is 12.9. The van der Waals surface area contributed by atoms with E-state index in [2.05, 4.69) is 10.3 Å². The summed E-state index contributed by atoms with van der Waals surface area (Å²) in [6.45, 7) is 0. The Morgan fingerprint density at radius 3 is 2.63 bits per heavy atom. The van der Waals surface area contributed by atoms with Crippen molar-refractivity contribution in [1.82, 2.24) is 10.3 Å². The quantitative estimate of drug-likeness (QED) is 0.803. The smallest absolute Gasteiger partial charge is 0.329 e. The molecule has 1 aromatic carbocycles. The number of aryl methyl sites for hydroxylation is 1. The lowest BCUT2D eigenvalue weighted by Crippen LogP contribution is -2.55. The molecular weight excluding hydrogens is 358 g/mol. The van der Waals surface area contributed by atoms with Gasteiger partial charge in [-0.2, -0.15) is 0 Å². The number of aliphatic carboxylic acids is 1. The lowest BCUT2D eigenvalue weighted by Gasteiger charge is -2.33. The van der Waals surface area contributed by atoms with Gasteiger partial charge in [0.25, 0.3) is 0 Å². The van der Waals surface area contributed by atoms with Crippen LogP contribution < -0.4 is 5.32 Å². The van der Waals surface area contributed by atoms with Crippen LogP contribution in [-0.4, -0.2) is 27.5 Å². The number of carbonyl (C=O) groups is 2. The molecule has 1 aromatic heterocycles. The van der Waals surface area contributed by atoms with E-state index in [1.54, 1.807) is 0 Å². The Balaban J connectivity index is 1.61. The van der Waals surface area contributed by atoms with Crippen molar-refractivity contribution in [1.29, 1.82) is 0 Å². The maximum atomic E-state index is 13.8. The van der Waals surface area contributed by atoms with Gasteiger partial charge < -0.3 is 14.8 Å². The number of amides is 1.